The molecular formula is C25H31FN3NaO5. The van der Waals surface area contributed by atoms with Crippen LogP contribution in [0.15, 0.2) is 30.3 Å². The SMILES string of the molecule is CC(C)c1c(C(=O)NC2CCCC2)nn(-c2ccc(F)cc2)c1C=C[C@H](O)C[C@@H](O)CC(=O)[O-].[Na+]. The topological polar surface area (TPSA) is 128 Å². The summed E-state index contributed by atoms with van der Waals surface area (Å²) in [6.07, 6.45) is 3.83. The Bertz CT molecular complexity index is 1030. The summed E-state index contributed by atoms with van der Waals surface area (Å²) in [6.45, 7) is 3.85. The number of amides is 1. The molecule has 1 aromatic heterocycles. The van der Waals surface area contributed by atoms with E-state index < -0.39 is 30.4 Å². The number of hydrogen-bond acceptors (Lipinski definition) is 6. The molecule has 0 radical (unpaired) electrons. The molecule has 1 aromatic carbocycles. The van der Waals surface area contributed by atoms with E-state index in [-0.39, 0.29) is 59.5 Å². The van der Waals surface area contributed by atoms with Gasteiger partial charge in [0.15, 0.2) is 5.69 Å². The summed E-state index contributed by atoms with van der Waals surface area (Å²) in [4.78, 5) is 23.8. The van der Waals surface area contributed by atoms with E-state index in [1.54, 1.807) is 18.2 Å². The number of carbonyl (C=O) groups is 2. The van der Waals surface area contributed by atoms with Crippen molar-refractivity contribution in [2.45, 2.75) is 76.5 Å². The number of hydrogen-bond donors (Lipinski definition) is 3. The number of benzene rings is 1. The number of nitrogens with one attached hydrogen (secondary N) is 1. The molecule has 3 N–H and O–H groups in total. The first-order valence-corrected chi connectivity index (χ1v) is 11.6. The number of carboxylic acids is 1. The Morgan fingerprint density at radius 2 is 1.86 bits per heavy atom. The Hall–Kier alpha value is -2.04. The third-order valence-electron chi connectivity index (χ3n) is 5.91. The molecule has 0 unspecified atom stereocenters. The molecule has 35 heavy (non-hydrogen) atoms. The van der Waals surface area contributed by atoms with Crippen molar-refractivity contribution >= 4 is 18.0 Å². The van der Waals surface area contributed by atoms with E-state index in [9.17, 15) is 29.3 Å². The third kappa shape index (κ3) is 7.98. The summed E-state index contributed by atoms with van der Waals surface area (Å²) in [5, 5.41) is 38.4. The molecule has 2 aromatic rings. The zero-order chi connectivity index (χ0) is 24.8. The van der Waals surface area contributed by atoms with Gasteiger partial charge in [-0.15, -0.1) is 0 Å². The first-order chi connectivity index (χ1) is 16.2. The van der Waals surface area contributed by atoms with Crippen LogP contribution in [0.3, 0.4) is 0 Å². The molecule has 10 heteroatoms. The van der Waals surface area contributed by atoms with Gasteiger partial charge in [0.2, 0.25) is 0 Å². The van der Waals surface area contributed by atoms with Crippen LogP contribution in [0, 0.1) is 5.82 Å². The molecule has 2 atom stereocenters. The standard InChI is InChI=1S/C25H32FN3O5.Na/c1-15(2)23-21(12-11-19(30)13-20(31)14-22(32)33)29(18-9-7-16(26)8-10-18)28-24(23)25(34)27-17-5-3-4-6-17;/h7-12,15,17,19-20,30-31H,3-6,13-14H2,1-2H3,(H,27,34)(H,32,33);/q;+1/p-1/t19-,20+;/m0./s1. The van der Waals surface area contributed by atoms with Gasteiger partial charge in [0.1, 0.15) is 5.82 Å². The van der Waals surface area contributed by atoms with Crippen LogP contribution >= 0.6 is 0 Å². The van der Waals surface area contributed by atoms with Gasteiger partial charge in [-0.2, -0.15) is 5.10 Å². The number of aromatic nitrogens is 2. The smallest absolute Gasteiger partial charge is 0.550 e. The van der Waals surface area contributed by atoms with Crippen LogP contribution in [0.5, 0.6) is 0 Å². The maximum atomic E-state index is 13.5. The van der Waals surface area contributed by atoms with Crippen LogP contribution in [-0.4, -0.2) is 50.1 Å². The summed E-state index contributed by atoms with van der Waals surface area (Å²) in [5.74, 6) is -2.19. The second kappa shape index (κ2) is 13.3. The van der Waals surface area contributed by atoms with Gasteiger partial charge in [0.25, 0.3) is 5.91 Å². The molecule has 0 saturated heterocycles. The molecule has 1 heterocycles. The summed E-state index contributed by atoms with van der Waals surface area (Å²) in [5.41, 5.74) is 2.00. The normalized spacial score (nSPS) is 15.8. The minimum Gasteiger partial charge on any atom is -0.550 e. The number of carboxylic acid groups (broad SMARTS) is 1. The van der Waals surface area contributed by atoms with Crippen molar-refractivity contribution in [1.82, 2.24) is 15.1 Å². The second-order valence-corrected chi connectivity index (χ2v) is 9.04. The second-order valence-electron chi connectivity index (χ2n) is 9.04. The summed E-state index contributed by atoms with van der Waals surface area (Å²) in [6, 6.07) is 5.78. The molecule has 0 spiro atoms. The molecule has 3 rings (SSSR count). The number of aliphatic hydroxyl groups is 2. The summed E-state index contributed by atoms with van der Waals surface area (Å²) >= 11 is 0. The van der Waals surface area contributed by atoms with Crippen molar-refractivity contribution in [3.05, 3.63) is 53.1 Å². The van der Waals surface area contributed by atoms with Crippen molar-refractivity contribution in [2.24, 2.45) is 0 Å². The van der Waals surface area contributed by atoms with Gasteiger partial charge >= 0.3 is 29.6 Å². The monoisotopic (exact) mass is 495 g/mol. The number of aliphatic carboxylic acids is 1. The molecule has 1 amide bonds. The Labute approximate surface area is 226 Å². The van der Waals surface area contributed by atoms with Crippen molar-refractivity contribution in [1.29, 1.82) is 0 Å². The predicted molar refractivity (Wildman–Crippen MR) is 123 cm³/mol. The van der Waals surface area contributed by atoms with Gasteiger partial charge in [-0.25, -0.2) is 9.07 Å². The van der Waals surface area contributed by atoms with E-state index in [0.717, 1.165) is 25.7 Å². The maximum absolute atomic E-state index is 13.5. The maximum Gasteiger partial charge on any atom is 1.00 e. The molecule has 1 aliphatic rings. The fourth-order valence-corrected chi connectivity index (χ4v) is 4.28. The number of halogens is 1. The van der Waals surface area contributed by atoms with Crippen LogP contribution in [0.25, 0.3) is 11.8 Å². The number of aliphatic hydroxyl groups excluding tert-OH is 2. The van der Waals surface area contributed by atoms with E-state index in [1.165, 1.54) is 22.9 Å². The average Bonchev–Trinajstić information content (AvgIpc) is 3.39. The van der Waals surface area contributed by atoms with Crippen LogP contribution < -0.4 is 40.0 Å². The van der Waals surface area contributed by atoms with Crippen LogP contribution in [-0.2, 0) is 4.79 Å². The quantitative estimate of drug-likeness (QED) is 0.366. The van der Waals surface area contributed by atoms with Gasteiger partial charge in [0, 0.05) is 30.4 Å². The molecule has 1 aliphatic carbocycles. The fourth-order valence-electron chi connectivity index (χ4n) is 4.28. The van der Waals surface area contributed by atoms with Crippen molar-refractivity contribution in [3.8, 4) is 5.69 Å². The molecule has 0 bridgehead atoms. The van der Waals surface area contributed by atoms with Gasteiger partial charge in [-0.1, -0.05) is 32.8 Å². The minimum absolute atomic E-state index is 0. The molecule has 8 nitrogen and oxygen atoms in total. The largest absolute Gasteiger partial charge is 1.00 e. The van der Waals surface area contributed by atoms with Crippen molar-refractivity contribution < 1.29 is 58.9 Å². The molecule has 1 saturated carbocycles. The summed E-state index contributed by atoms with van der Waals surface area (Å²) in [7, 11) is 0. The first-order valence-electron chi connectivity index (χ1n) is 11.6. The Balaban J connectivity index is 0.00000432. The van der Waals surface area contributed by atoms with E-state index in [4.69, 9.17) is 0 Å². The Kier molecular flexibility index (Phi) is 11.1. The zero-order valence-corrected chi connectivity index (χ0v) is 22.4. The number of carbonyl (C=O) groups excluding carboxylic acids is 2. The third-order valence-corrected chi connectivity index (χ3v) is 5.91. The molecule has 0 aliphatic heterocycles. The van der Waals surface area contributed by atoms with E-state index in [2.05, 4.69) is 10.4 Å². The van der Waals surface area contributed by atoms with Crippen LogP contribution in [0.2, 0.25) is 0 Å². The fraction of sp³-hybridized carbons (Fsp3) is 0.480. The van der Waals surface area contributed by atoms with Crippen molar-refractivity contribution in [3.63, 3.8) is 0 Å². The van der Waals surface area contributed by atoms with Crippen LogP contribution in [0.1, 0.15) is 80.0 Å². The predicted octanol–water partition coefficient (Wildman–Crippen LogP) is -0.924. The van der Waals surface area contributed by atoms with E-state index >= 15 is 0 Å². The molecule has 184 valence electrons. The van der Waals surface area contributed by atoms with E-state index in [0.29, 0.717) is 16.9 Å². The number of rotatable bonds is 10. The van der Waals surface area contributed by atoms with Gasteiger partial charge < -0.3 is 25.4 Å². The number of nitrogens with zero attached hydrogens (tertiary/aromatic N) is 2. The van der Waals surface area contributed by atoms with Crippen molar-refractivity contribution in [2.75, 3.05) is 0 Å². The van der Waals surface area contributed by atoms with Gasteiger partial charge in [0.05, 0.1) is 23.6 Å². The molecule has 1 fully saturated rings. The Morgan fingerprint density at radius 3 is 2.43 bits per heavy atom. The Morgan fingerprint density at radius 1 is 1.23 bits per heavy atom. The van der Waals surface area contributed by atoms with E-state index in [1.807, 2.05) is 13.8 Å². The minimum atomic E-state index is -1.40. The van der Waals surface area contributed by atoms with Gasteiger partial charge in [-0.05, 0) is 49.1 Å². The first kappa shape index (κ1) is 29.2. The summed E-state index contributed by atoms with van der Waals surface area (Å²) < 4.78 is 15.1. The van der Waals surface area contributed by atoms with Gasteiger partial charge in [-0.3, -0.25) is 4.79 Å². The zero-order valence-electron chi connectivity index (χ0n) is 20.4. The average molecular weight is 496 g/mol. The van der Waals surface area contributed by atoms with Crippen LogP contribution in [0.4, 0.5) is 4.39 Å². The molecular weight excluding hydrogens is 464 g/mol.